The maximum absolute atomic E-state index is 13.7. The molecule has 1 aliphatic heterocycles. The molecule has 1 aliphatic rings. The van der Waals surface area contributed by atoms with Crippen LogP contribution in [0, 0.1) is 0 Å². The third kappa shape index (κ3) is 6.82. The van der Waals surface area contributed by atoms with Crippen molar-refractivity contribution in [2.24, 2.45) is 0 Å². The molecule has 0 bridgehead atoms. The molecule has 36 heavy (non-hydrogen) atoms. The second kappa shape index (κ2) is 12.1. The number of benzene rings is 2. The third-order valence-corrected chi connectivity index (χ3v) is 6.78. The molecule has 1 unspecified atom stereocenters. The number of hydrogen-bond acceptors (Lipinski definition) is 7. The Morgan fingerprint density at radius 2 is 1.92 bits per heavy atom. The number of halogens is 2. The molecule has 9 nitrogen and oxygen atoms in total. The van der Waals surface area contributed by atoms with Crippen molar-refractivity contribution < 1.29 is 27.5 Å². The molecule has 0 aromatic heterocycles. The van der Waals surface area contributed by atoms with Crippen LogP contribution in [0.15, 0.2) is 30.3 Å². The molecule has 198 valence electrons. The average Bonchev–Trinajstić information content (AvgIpc) is 3.11. The van der Waals surface area contributed by atoms with Gasteiger partial charge in [0.25, 0.3) is 5.91 Å². The molecular weight excluding hydrogens is 529 g/mol. The number of carbonyl (C=O) groups excluding carboxylic acids is 2. The molecule has 1 atom stereocenters. The number of likely N-dealkylation sites (N-methyl/N-ethyl adjacent to an activating group) is 1. The van der Waals surface area contributed by atoms with Gasteiger partial charge in [-0.05, 0) is 50.8 Å². The van der Waals surface area contributed by atoms with E-state index in [1.807, 2.05) is 6.92 Å². The number of hydrogen-bond donors (Lipinski definition) is 1. The normalized spacial score (nSPS) is 13.8. The fraction of sp³-hybridized carbons (Fsp3) is 0.417. The summed E-state index contributed by atoms with van der Waals surface area (Å²) in [6, 6.07) is 7.49. The van der Waals surface area contributed by atoms with Crippen LogP contribution in [0.4, 0.5) is 5.69 Å². The van der Waals surface area contributed by atoms with E-state index >= 15 is 0 Å². The summed E-state index contributed by atoms with van der Waals surface area (Å²) >= 11 is 6.43. The maximum atomic E-state index is 13.7. The Balaban J connectivity index is 0.00000456. The lowest BCUT2D eigenvalue weighted by Gasteiger charge is -2.28. The van der Waals surface area contributed by atoms with E-state index in [9.17, 15) is 18.0 Å². The fourth-order valence-electron chi connectivity index (χ4n) is 4.06. The summed E-state index contributed by atoms with van der Waals surface area (Å²) < 4.78 is 35.8. The van der Waals surface area contributed by atoms with Gasteiger partial charge in [-0.15, -0.1) is 12.4 Å². The second-order valence-electron chi connectivity index (χ2n) is 8.62. The summed E-state index contributed by atoms with van der Waals surface area (Å²) in [6.07, 6.45) is 1.13. The van der Waals surface area contributed by atoms with Crippen LogP contribution in [0.3, 0.4) is 0 Å². The molecule has 0 spiro atoms. The Morgan fingerprint density at radius 1 is 1.22 bits per heavy atom. The smallest absolute Gasteiger partial charge is 0.257 e. The molecule has 2 aromatic rings. The number of sulfone groups is 1. The number of nitrogens with one attached hydrogen (secondary N) is 1. The first-order chi connectivity index (χ1) is 16.4. The Bertz CT molecular complexity index is 1240. The summed E-state index contributed by atoms with van der Waals surface area (Å²) in [6.45, 7) is 2.45. The molecule has 0 radical (unpaired) electrons. The Kier molecular flexibility index (Phi) is 10.0. The topological polar surface area (TPSA) is 105 Å². The number of nitrogens with zero attached hydrogens (tertiary/aromatic N) is 2. The van der Waals surface area contributed by atoms with Crippen molar-refractivity contribution >= 4 is 51.3 Å². The van der Waals surface area contributed by atoms with Crippen LogP contribution < -0.4 is 14.8 Å². The minimum Gasteiger partial charge on any atom is -0.493 e. The maximum Gasteiger partial charge on any atom is 0.257 e. The SMILES string of the molecule is CCOc1cc(C(CS(C)(=O)=O)N2Cc3c(Cl)ccc(NC(=O)CN(C)C)c3C2=O)ccc1OC.Cl. The molecule has 12 heteroatoms. The highest BCUT2D eigenvalue weighted by atomic mass is 35.5. The molecule has 0 fully saturated rings. The van der Waals surface area contributed by atoms with Gasteiger partial charge in [-0.3, -0.25) is 9.59 Å². The standard InChI is InChI=1S/C24H30ClN3O6S.ClH/c1-6-34-21-11-15(7-10-20(21)33-4)19(14-35(5,31)32)28-12-16-17(25)8-9-18(23(16)24(28)30)26-22(29)13-27(2)3;/h7-11,19H,6,12-14H2,1-5H3,(H,26,29);1H. The van der Waals surface area contributed by atoms with Gasteiger partial charge in [0.15, 0.2) is 11.5 Å². The summed E-state index contributed by atoms with van der Waals surface area (Å²) in [5, 5.41) is 3.14. The number of anilines is 1. The molecule has 0 aliphatic carbocycles. The van der Waals surface area contributed by atoms with Gasteiger partial charge in [0.2, 0.25) is 5.91 Å². The largest absolute Gasteiger partial charge is 0.493 e. The van der Waals surface area contributed by atoms with Crippen LogP contribution in [0.25, 0.3) is 0 Å². The summed E-state index contributed by atoms with van der Waals surface area (Å²) in [7, 11) is 1.55. The number of rotatable bonds is 10. The van der Waals surface area contributed by atoms with Crippen LogP contribution in [0.5, 0.6) is 11.5 Å². The van der Waals surface area contributed by atoms with Gasteiger partial charge in [0.1, 0.15) is 9.84 Å². The molecular formula is C24H31Cl2N3O6S. The first-order valence-corrected chi connectivity index (χ1v) is 13.4. The number of methoxy groups -OCH3 is 1. The lowest BCUT2D eigenvalue weighted by atomic mass is 10.1. The van der Waals surface area contributed by atoms with E-state index in [4.69, 9.17) is 21.1 Å². The molecule has 1 heterocycles. The summed E-state index contributed by atoms with van der Waals surface area (Å²) in [5.74, 6) is -0.0477. The minimum absolute atomic E-state index is 0. The molecule has 1 N–H and O–H groups in total. The van der Waals surface area contributed by atoms with E-state index < -0.39 is 21.8 Å². The zero-order valence-corrected chi connectivity index (χ0v) is 23.2. The fourth-order valence-corrected chi connectivity index (χ4v) is 5.22. The predicted octanol–water partition coefficient (Wildman–Crippen LogP) is 3.41. The molecule has 3 rings (SSSR count). The number of ether oxygens (including phenoxy) is 2. The van der Waals surface area contributed by atoms with Crippen LogP contribution in [-0.2, 0) is 21.2 Å². The van der Waals surface area contributed by atoms with Crippen LogP contribution >= 0.6 is 24.0 Å². The first kappa shape index (κ1) is 29.7. The Morgan fingerprint density at radius 3 is 2.50 bits per heavy atom. The highest BCUT2D eigenvalue weighted by Crippen LogP contribution is 2.40. The molecule has 0 saturated heterocycles. The highest BCUT2D eigenvalue weighted by molar-refractivity contribution is 7.90. The second-order valence-corrected chi connectivity index (χ2v) is 11.2. The van der Waals surface area contributed by atoms with E-state index in [0.29, 0.717) is 39.9 Å². The number of carbonyl (C=O) groups is 2. The van der Waals surface area contributed by atoms with Crippen molar-refractivity contribution in [1.82, 2.24) is 9.80 Å². The molecule has 2 aromatic carbocycles. The Hall–Kier alpha value is -2.53. The van der Waals surface area contributed by atoms with Crippen molar-refractivity contribution in [1.29, 1.82) is 0 Å². The van der Waals surface area contributed by atoms with Crippen molar-refractivity contribution in [2.45, 2.75) is 19.5 Å². The Labute approximate surface area is 223 Å². The van der Waals surface area contributed by atoms with Gasteiger partial charge < -0.3 is 24.6 Å². The van der Waals surface area contributed by atoms with Gasteiger partial charge in [-0.25, -0.2) is 8.42 Å². The zero-order valence-electron chi connectivity index (χ0n) is 20.8. The highest BCUT2D eigenvalue weighted by Gasteiger charge is 2.38. The van der Waals surface area contributed by atoms with E-state index in [1.165, 1.54) is 12.0 Å². The van der Waals surface area contributed by atoms with Crippen LogP contribution in [0.2, 0.25) is 5.02 Å². The van der Waals surface area contributed by atoms with Gasteiger partial charge in [0, 0.05) is 23.4 Å². The van der Waals surface area contributed by atoms with Crippen molar-refractivity contribution in [3.05, 3.63) is 52.0 Å². The predicted molar refractivity (Wildman–Crippen MR) is 142 cm³/mol. The third-order valence-electron chi connectivity index (χ3n) is 5.50. The first-order valence-electron chi connectivity index (χ1n) is 11.0. The quantitative estimate of drug-likeness (QED) is 0.475. The minimum atomic E-state index is -3.49. The van der Waals surface area contributed by atoms with Crippen molar-refractivity contribution in [3.8, 4) is 11.5 Å². The van der Waals surface area contributed by atoms with Crippen molar-refractivity contribution in [2.75, 3.05) is 51.7 Å². The number of amides is 2. The average molecular weight is 561 g/mol. The molecule has 0 saturated carbocycles. The van der Waals surface area contributed by atoms with E-state index in [2.05, 4.69) is 5.32 Å². The van der Waals surface area contributed by atoms with Gasteiger partial charge in [-0.2, -0.15) is 0 Å². The van der Waals surface area contributed by atoms with Crippen LogP contribution in [0.1, 0.15) is 34.5 Å². The lowest BCUT2D eigenvalue weighted by molar-refractivity contribution is -0.116. The van der Waals surface area contributed by atoms with E-state index in [-0.39, 0.29) is 42.7 Å². The summed E-state index contributed by atoms with van der Waals surface area (Å²) in [5.41, 5.74) is 1.72. The molecule has 2 amide bonds. The van der Waals surface area contributed by atoms with Gasteiger partial charge in [0.05, 0.1) is 43.3 Å². The lowest BCUT2D eigenvalue weighted by Crippen LogP contribution is -2.34. The van der Waals surface area contributed by atoms with E-state index in [1.54, 1.807) is 49.3 Å². The van der Waals surface area contributed by atoms with Gasteiger partial charge >= 0.3 is 0 Å². The summed E-state index contributed by atoms with van der Waals surface area (Å²) in [4.78, 5) is 29.2. The monoisotopic (exact) mass is 559 g/mol. The van der Waals surface area contributed by atoms with E-state index in [0.717, 1.165) is 6.26 Å². The van der Waals surface area contributed by atoms with Gasteiger partial charge in [-0.1, -0.05) is 17.7 Å². The van der Waals surface area contributed by atoms with Crippen molar-refractivity contribution in [3.63, 3.8) is 0 Å². The zero-order chi connectivity index (χ0) is 25.9. The van der Waals surface area contributed by atoms with Crippen LogP contribution in [-0.4, -0.2) is 76.4 Å². The number of fused-ring (bicyclic) bond motifs is 1.